The zero-order valence-corrected chi connectivity index (χ0v) is 19.4. The standard InChI is InChI=1S/C23H33F5O5/c1-5-18(2,3)16(29)31-12-19(4)21(24,25)22(30,23(26,27)28)33-17(32-19)20-9-13-6-14(10-20)8-15(7-13)11-20/h13-15,17,30H,5-12H2,1-4H3. The number of rotatable bonds is 5. The van der Waals surface area contributed by atoms with E-state index in [0.717, 1.165) is 26.2 Å². The molecule has 1 heterocycles. The fourth-order valence-corrected chi connectivity index (χ4v) is 6.55. The lowest BCUT2D eigenvalue weighted by Crippen LogP contribution is -2.77. The van der Waals surface area contributed by atoms with Gasteiger partial charge in [0.25, 0.3) is 0 Å². The molecule has 3 unspecified atom stereocenters. The van der Waals surface area contributed by atoms with Crippen LogP contribution in [0.15, 0.2) is 0 Å². The number of alkyl halides is 5. The molecule has 0 amide bonds. The lowest BCUT2D eigenvalue weighted by atomic mass is 9.49. The number of aliphatic hydroxyl groups is 1. The van der Waals surface area contributed by atoms with Crippen molar-refractivity contribution in [3.8, 4) is 0 Å². The minimum absolute atomic E-state index is 0.277. The van der Waals surface area contributed by atoms with Gasteiger partial charge >= 0.3 is 23.9 Å². The van der Waals surface area contributed by atoms with Gasteiger partial charge in [-0.2, -0.15) is 22.0 Å². The van der Waals surface area contributed by atoms with E-state index < -0.39 is 53.2 Å². The van der Waals surface area contributed by atoms with Gasteiger partial charge in [0.05, 0.1) is 5.41 Å². The van der Waals surface area contributed by atoms with Crippen LogP contribution in [0.4, 0.5) is 22.0 Å². The third-order valence-electron chi connectivity index (χ3n) is 8.62. The minimum Gasteiger partial charge on any atom is -0.462 e. The van der Waals surface area contributed by atoms with Crippen LogP contribution in [0.5, 0.6) is 0 Å². The van der Waals surface area contributed by atoms with Gasteiger partial charge in [0.2, 0.25) is 0 Å². The van der Waals surface area contributed by atoms with Gasteiger partial charge in [-0.1, -0.05) is 6.92 Å². The highest BCUT2D eigenvalue weighted by Gasteiger charge is 2.82. The van der Waals surface area contributed by atoms with Gasteiger partial charge in [0.1, 0.15) is 6.61 Å². The van der Waals surface area contributed by atoms with Crippen molar-refractivity contribution in [1.82, 2.24) is 0 Å². The quantitative estimate of drug-likeness (QED) is 0.429. The van der Waals surface area contributed by atoms with E-state index in [1.54, 1.807) is 20.8 Å². The van der Waals surface area contributed by atoms with E-state index in [4.69, 9.17) is 14.2 Å². The molecule has 4 aliphatic carbocycles. The van der Waals surface area contributed by atoms with Gasteiger partial charge in [-0.3, -0.25) is 4.79 Å². The van der Waals surface area contributed by atoms with Crippen molar-refractivity contribution < 1.29 is 46.1 Å². The number of hydrogen-bond donors (Lipinski definition) is 1. The van der Waals surface area contributed by atoms with Crippen LogP contribution in [0.2, 0.25) is 0 Å². The Kier molecular flexibility index (Phi) is 5.70. The molecular formula is C23H33F5O5. The Hall–Kier alpha value is -1.00. The summed E-state index contributed by atoms with van der Waals surface area (Å²) in [6, 6.07) is 0. The van der Waals surface area contributed by atoms with E-state index in [2.05, 4.69) is 0 Å². The van der Waals surface area contributed by atoms with Crippen LogP contribution in [0, 0.1) is 28.6 Å². The molecule has 1 aliphatic heterocycles. The van der Waals surface area contributed by atoms with Gasteiger partial charge in [-0.25, -0.2) is 0 Å². The Morgan fingerprint density at radius 2 is 1.52 bits per heavy atom. The van der Waals surface area contributed by atoms with Crippen molar-refractivity contribution in [3.05, 3.63) is 0 Å². The monoisotopic (exact) mass is 484 g/mol. The van der Waals surface area contributed by atoms with Crippen LogP contribution in [-0.4, -0.2) is 47.5 Å². The molecule has 5 rings (SSSR count). The number of carbonyl (C=O) groups is 1. The molecule has 5 aliphatic rings. The van der Waals surface area contributed by atoms with E-state index in [1.807, 2.05) is 0 Å². The second-order valence-corrected chi connectivity index (χ2v) is 11.6. The summed E-state index contributed by atoms with van der Waals surface area (Å²) in [7, 11) is 0. The maximum atomic E-state index is 15.4. The van der Waals surface area contributed by atoms with E-state index in [0.29, 0.717) is 25.7 Å². The molecule has 5 fully saturated rings. The summed E-state index contributed by atoms with van der Waals surface area (Å²) in [5.41, 5.74) is -4.85. The zero-order valence-electron chi connectivity index (χ0n) is 19.4. The SMILES string of the molecule is CCC(C)(C)C(=O)OCC1(C)OC(C23CC4CC(CC(C4)C2)C3)OC(O)(C(F)(F)F)C1(F)F. The molecule has 0 aromatic heterocycles. The first kappa shape index (κ1) is 25.1. The number of carbonyl (C=O) groups excluding carboxylic acids is 1. The largest absolute Gasteiger partial charge is 0.462 e. The van der Waals surface area contributed by atoms with Crippen LogP contribution >= 0.6 is 0 Å². The summed E-state index contributed by atoms with van der Waals surface area (Å²) in [5, 5.41) is 10.4. The van der Waals surface area contributed by atoms with E-state index in [9.17, 15) is 23.1 Å². The van der Waals surface area contributed by atoms with Gasteiger partial charge in [-0.05, 0) is 83.5 Å². The highest BCUT2D eigenvalue weighted by Crippen LogP contribution is 2.65. The van der Waals surface area contributed by atoms with E-state index >= 15 is 8.78 Å². The van der Waals surface area contributed by atoms with Crippen molar-refractivity contribution in [3.63, 3.8) is 0 Å². The Balaban J connectivity index is 1.69. The normalized spacial score (nSPS) is 44.7. The maximum absolute atomic E-state index is 15.4. The molecule has 3 atom stereocenters. The van der Waals surface area contributed by atoms with Crippen molar-refractivity contribution >= 4 is 5.97 Å². The molecule has 0 aromatic carbocycles. The van der Waals surface area contributed by atoms with Crippen LogP contribution in [0.3, 0.4) is 0 Å². The first-order chi connectivity index (χ1) is 15.0. The Morgan fingerprint density at radius 1 is 1.03 bits per heavy atom. The predicted octanol–water partition coefficient (Wildman–Crippen LogP) is 5.20. The van der Waals surface area contributed by atoms with Gasteiger partial charge in [-0.15, -0.1) is 0 Å². The first-order valence-electron chi connectivity index (χ1n) is 11.7. The lowest BCUT2D eigenvalue weighted by Gasteiger charge is -2.62. The van der Waals surface area contributed by atoms with Crippen LogP contribution in [-0.2, 0) is 19.0 Å². The van der Waals surface area contributed by atoms with Crippen molar-refractivity contribution in [2.75, 3.05) is 6.61 Å². The summed E-state index contributed by atoms with van der Waals surface area (Å²) in [5.74, 6) is -9.71. The third kappa shape index (κ3) is 3.69. The molecular weight excluding hydrogens is 451 g/mol. The smallest absolute Gasteiger partial charge is 0.449 e. The molecule has 4 saturated carbocycles. The summed E-state index contributed by atoms with van der Waals surface area (Å²) in [4.78, 5) is 12.4. The Morgan fingerprint density at radius 3 is 1.94 bits per heavy atom. The summed E-state index contributed by atoms with van der Waals surface area (Å²) >= 11 is 0. The second kappa shape index (κ2) is 7.50. The average molecular weight is 485 g/mol. The summed E-state index contributed by atoms with van der Waals surface area (Å²) in [6.07, 6.45) is -2.75. The Labute approximate surface area is 190 Å². The number of halogens is 5. The molecule has 4 bridgehead atoms. The van der Waals surface area contributed by atoms with Gasteiger partial charge < -0.3 is 19.3 Å². The zero-order chi connectivity index (χ0) is 24.7. The van der Waals surface area contributed by atoms with Crippen molar-refractivity contribution in [2.45, 2.75) is 102 Å². The maximum Gasteiger partial charge on any atom is 0.449 e. The third-order valence-corrected chi connectivity index (χ3v) is 8.62. The fraction of sp³-hybridized carbons (Fsp3) is 0.957. The molecule has 10 heteroatoms. The molecule has 5 nitrogen and oxygen atoms in total. The minimum atomic E-state index is -5.80. The van der Waals surface area contributed by atoms with E-state index in [1.165, 1.54) is 0 Å². The van der Waals surface area contributed by atoms with Crippen LogP contribution in [0.25, 0.3) is 0 Å². The van der Waals surface area contributed by atoms with Crippen molar-refractivity contribution in [2.24, 2.45) is 28.6 Å². The van der Waals surface area contributed by atoms with Crippen LogP contribution in [0.1, 0.15) is 72.6 Å². The molecule has 190 valence electrons. The molecule has 33 heavy (non-hydrogen) atoms. The molecule has 0 aromatic rings. The topological polar surface area (TPSA) is 65.0 Å². The lowest BCUT2D eigenvalue weighted by molar-refractivity contribution is -0.535. The molecule has 1 N–H and O–H groups in total. The van der Waals surface area contributed by atoms with Gasteiger partial charge in [0.15, 0.2) is 11.9 Å². The predicted molar refractivity (Wildman–Crippen MR) is 106 cm³/mol. The van der Waals surface area contributed by atoms with Crippen LogP contribution < -0.4 is 0 Å². The summed E-state index contributed by atoms with van der Waals surface area (Å²) in [6.45, 7) is 4.41. The highest BCUT2D eigenvalue weighted by atomic mass is 19.4. The Bertz CT molecular complexity index is 761. The number of esters is 1. The number of hydrogen-bond acceptors (Lipinski definition) is 5. The molecule has 1 saturated heterocycles. The van der Waals surface area contributed by atoms with Gasteiger partial charge in [0, 0.05) is 5.41 Å². The first-order valence-corrected chi connectivity index (χ1v) is 11.7. The summed E-state index contributed by atoms with van der Waals surface area (Å²) < 4.78 is 88.1. The number of ether oxygens (including phenoxy) is 3. The average Bonchev–Trinajstić information content (AvgIpc) is 2.68. The molecule has 0 spiro atoms. The van der Waals surface area contributed by atoms with Crippen molar-refractivity contribution in [1.29, 1.82) is 0 Å². The highest BCUT2D eigenvalue weighted by molar-refractivity contribution is 5.75. The fourth-order valence-electron chi connectivity index (χ4n) is 6.55. The van der Waals surface area contributed by atoms with E-state index in [-0.39, 0.29) is 17.8 Å². The second-order valence-electron chi connectivity index (χ2n) is 11.6. The molecule has 0 radical (unpaired) electrons.